The molecule has 5 aromatic rings. The minimum atomic E-state index is -1.09. The zero-order chi connectivity index (χ0) is 26.6. The van der Waals surface area contributed by atoms with Gasteiger partial charge in [0.15, 0.2) is 0 Å². The Labute approximate surface area is 223 Å². The number of amides is 2. The van der Waals surface area contributed by atoms with Crippen molar-refractivity contribution in [1.82, 2.24) is 0 Å². The van der Waals surface area contributed by atoms with Crippen molar-refractivity contribution in [2.45, 2.75) is 17.1 Å². The van der Waals surface area contributed by atoms with Gasteiger partial charge in [0, 0.05) is 27.2 Å². The van der Waals surface area contributed by atoms with Crippen LogP contribution in [0, 0.1) is 0 Å². The van der Waals surface area contributed by atoms with Crippen LogP contribution >= 0.6 is 11.8 Å². The third-order valence-electron chi connectivity index (χ3n) is 6.19. The van der Waals surface area contributed by atoms with Crippen molar-refractivity contribution in [2.75, 3.05) is 10.6 Å². The van der Waals surface area contributed by atoms with Crippen LogP contribution in [0.4, 0.5) is 11.4 Å². The van der Waals surface area contributed by atoms with E-state index in [2.05, 4.69) is 10.6 Å². The van der Waals surface area contributed by atoms with E-state index < -0.39 is 11.9 Å². The van der Waals surface area contributed by atoms with E-state index in [0.717, 1.165) is 21.4 Å². The Hall–Kier alpha value is -4.62. The molecule has 6 nitrogen and oxygen atoms in total. The third-order valence-corrected chi connectivity index (χ3v) is 7.30. The highest BCUT2D eigenvalue weighted by Crippen LogP contribution is 2.28. The summed E-state index contributed by atoms with van der Waals surface area (Å²) >= 11 is 1.42. The molecule has 0 aromatic heterocycles. The molecule has 5 rings (SSSR count). The van der Waals surface area contributed by atoms with Gasteiger partial charge in [0.1, 0.15) is 0 Å². The molecule has 0 fully saturated rings. The minimum Gasteiger partial charge on any atom is -0.478 e. The monoisotopic (exact) mass is 520 g/mol. The first-order chi connectivity index (χ1) is 18.4. The average molecular weight is 521 g/mol. The van der Waals surface area contributed by atoms with Crippen molar-refractivity contribution in [3.8, 4) is 0 Å². The Bertz CT molecular complexity index is 1680. The number of carboxylic acids is 1. The molecule has 0 spiro atoms. The molecule has 0 saturated carbocycles. The molecule has 0 bridgehead atoms. The third kappa shape index (κ3) is 5.38. The quantitative estimate of drug-likeness (QED) is 0.200. The number of hydrogen-bond acceptors (Lipinski definition) is 4. The first-order valence-corrected chi connectivity index (χ1v) is 12.9. The van der Waals surface area contributed by atoms with Crippen molar-refractivity contribution in [3.63, 3.8) is 0 Å². The van der Waals surface area contributed by atoms with Gasteiger partial charge in [-0.25, -0.2) is 4.79 Å². The van der Waals surface area contributed by atoms with Gasteiger partial charge < -0.3 is 15.7 Å². The Morgan fingerprint density at radius 1 is 0.684 bits per heavy atom. The van der Waals surface area contributed by atoms with Gasteiger partial charge in [0.25, 0.3) is 5.91 Å². The molecule has 3 N–H and O–H groups in total. The Morgan fingerprint density at radius 2 is 1.32 bits per heavy atom. The highest BCUT2D eigenvalue weighted by atomic mass is 32.2. The molecule has 1 unspecified atom stereocenters. The zero-order valence-electron chi connectivity index (χ0n) is 20.5. The summed E-state index contributed by atoms with van der Waals surface area (Å²) in [5.74, 6) is -1.59. The van der Waals surface area contributed by atoms with Gasteiger partial charge in [-0.05, 0) is 71.6 Å². The second-order valence-electron chi connectivity index (χ2n) is 8.80. The topological polar surface area (TPSA) is 95.5 Å². The van der Waals surface area contributed by atoms with Gasteiger partial charge >= 0.3 is 5.97 Å². The SMILES string of the molecule is CC(Sc1ccc(NC(=O)c2cccc3cccc(C(=O)O)c23)cc1)C(=O)Nc1ccc2ccccc2c1. The maximum absolute atomic E-state index is 13.0. The number of carbonyl (C=O) groups is 3. The van der Waals surface area contributed by atoms with E-state index in [0.29, 0.717) is 16.5 Å². The molecule has 0 radical (unpaired) electrons. The molecule has 188 valence electrons. The summed E-state index contributed by atoms with van der Waals surface area (Å²) in [6, 6.07) is 31.1. The summed E-state index contributed by atoms with van der Waals surface area (Å²) in [4.78, 5) is 38.4. The van der Waals surface area contributed by atoms with Gasteiger partial charge in [-0.3, -0.25) is 9.59 Å². The van der Waals surface area contributed by atoms with Crippen LogP contribution in [-0.2, 0) is 4.79 Å². The van der Waals surface area contributed by atoms with Gasteiger partial charge in [0.2, 0.25) is 5.91 Å². The second-order valence-corrected chi connectivity index (χ2v) is 10.2. The van der Waals surface area contributed by atoms with Gasteiger partial charge in [-0.15, -0.1) is 11.8 Å². The predicted octanol–water partition coefficient (Wildman–Crippen LogP) is 7.06. The van der Waals surface area contributed by atoms with E-state index in [1.54, 1.807) is 42.5 Å². The van der Waals surface area contributed by atoms with E-state index >= 15 is 0 Å². The highest BCUT2D eigenvalue weighted by molar-refractivity contribution is 8.00. The van der Waals surface area contributed by atoms with Crippen LogP contribution in [0.3, 0.4) is 0 Å². The summed E-state index contributed by atoms with van der Waals surface area (Å²) in [5.41, 5.74) is 1.69. The number of thioether (sulfide) groups is 1. The fourth-order valence-corrected chi connectivity index (χ4v) is 5.16. The predicted molar refractivity (Wildman–Crippen MR) is 153 cm³/mol. The van der Waals surface area contributed by atoms with Gasteiger partial charge in [0.05, 0.1) is 10.8 Å². The van der Waals surface area contributed by atoms with E-state index in [4.69, 9.17) is 0 Å². The van der Waals surface area contributed by atoms with Gasteiger partial charge in [-0.2, -0.15) is 0 Å². The smallest absolute Gasteiger partial charge is 0.336 e. The van der Waals surface area contributed by atoms with E-state index in [9.17, 15) is 19.5 Å². The van der Waals surface area contributed by atoms with Crippen LogP contribution in [0.2, 0.25) is 0 Å². The fourth-order valence-electron chi connectivity index (χ4n) is 4.29. The van der Waals surface area contributed by atoms with Crippen LogP contribution in [0.25, 0.3) is 21.5 Å². The molecule has 0 saturated heterocycles. The number of carboxylic acid groups (broad SMARTS) is 1. The van der Waals surface area contributed by atoms with Crippen molar-refractivity contribution in [1.29, 1.82) is 0 Å². The normalized spacial score (nSPS) is 11.7. The first kappa shape index (κ1) is 25.0. The van der Waals surface area contributed by atoms with Crippen molar-refractivity contribution in [2.24, 2.45) is 0 Å². The largest absolute Gasteiger partial charge is 0.478 e. The van der Waals surface area contributed by atoms with Crippen LogP contribution in [-0.4, -0.2) is 28.1 Å². The molecule has 1 atom stereocenters. The molecule has 7 heteroatoms. The van der Waals surface area contributed by atoms with E-state index in [-0.39, 0.29) is 22.3 Å². The second kappa shape index (κ2) is 10.8. The Kier molecular flexibility index (Phi) is 7.11. The summed E-state index contributed by atoms with van der Waals surface area (Å²) < 4.78 is 0. The lowest BCUT2D eigenvalue weighted by Gasteiger charge is -2.13. The number of hydrogen-bond donors (Lipinski definition) is 3. The molecule has 5 aromatic carbocycles. The average Bonchev–Trinajstić information content (AvgIpc) is 2.93. The number of fused-ring (bicyclic) bond motifs is 2. The molecule has 2 amide bonds. The lowest BCUT2D eigenvalue weighted by atomic mass is 9.98. The maximum Gasteiger partial charge on any atom is 0.336 e. The Balaban J connectivity index is 1.24. The van der Waals surface area contributed by atoms with Crippen LogP contribution < -0.4 is 10.6 Å². The molecule has 38 heavy (non-hydrogen) atoms. The number of benzene rings is 5. The number of anilines is 2. The van der Waals surface area contributed by atoms with Crippen LogP contribution in [0.1, 0.15) is 27.6 Å². The molecule has 0 aliphatic carbocycles. The van der Waals surface area contributed by atoms with Crippen molar-refractivity contribution in [3.05, 3.63) is 114 Å². The fraction of sp³-hybridized carbons (Fsp3) is 0.0645. The number of rotatable bonds is 7. The summed E-state index contributed by atoms with van der Waals surface area (Å²) in [6.45, 7) is 1.84. The lowest BCUT2D eigenvalue weighted by molar-refractivity contribution is -0.115. The first-order valence-electron chi connectivity index (χ1n) is 12.0. The van der Waals surface area contributed by atoms with E-state index in [1.807, 2.05) is 61.5 Å². The minimum absolute atomic E-state index is 0.0796. The van der Waals surface area contributed by atoms with E-state index in [1.165, 1.54) is 17.8 Å². The van der Waals surface area contributed by atoms with Crippen LogP contribution in [0.15, 0.2) is 108 Å². The zero-order valence-corrected chi connectivity index (χ0v) is 21.3. The van der Waals surface area contributed by atoms with Gasteiger partial charge in [-0.1, -0.05) is 54.6 Å². The number of nitrogens with one attached hydrogen (secondary N) is 2. The molecule has 0 aliphatic heterocycles. The summed E-state index contributed by atoms with van der Waals surface area (Å²) in [7, 11) is 0. The highest BCUT2D eigenvalue weighted by Gasteiger charge is 2.18. The number of carbonyl (C=O) groups excluding carboxylic acids is 2. The summed E-state index contributed by atoms with van der Waals surface area (Å²) in [5, 5.41) is 18.3. The molecule has 0 aliphatic rings. The molecular weight excluding hydrogens is 496 g/mol. The van der Waals surface area contributed by atoms with Crippen molar-refractivity contribution < 1.29 is 19.5 Å². The summed E-state index contributed by atoms with van der Waals surface area (Å²) in [6.07, 6.45) is 0. The molecule has 0 heterocycles. The Morgan fingerprint density at radius 3 is 2.03 bits per heavy atom. The maximum atomic E-state index is 13.0. The standard InChI is InChI=1S/C31H24N2O4S/c1-19(29(34)33-24-13-12-20-6-2-3-7-22(20)18-24)38-25-16-14-23(15-17-25)32-30(35)26-10-4-8-21-9-5-11-27(28(21)26)31(36)37/h2-19H,1H3,(H,32,35)(H,33,34)(H,36,37). The van der Waals surface area contributed by atoms with Crippen molar-refractivity contribution >= 4 is 62.5 Å². The van der Waals surface area contributed by atoms with Crippen LogP contribution in [0.5, 0.6) is 0 Å². The number of aromatic carboxylic acids is 1. The molecular formula is C31H24N2O4S. The lowest BCUT2D eigenvalue weighted by Crippen LogP contribution is -2.22.